The summed E-state index contributed by atoms with van der Waals surface area (Å²) in [6.07, 6.45) is 1.49. The van der Waals surface area contributed by atoms with Crippen LogP contribution in [-0.2, 0) is 26.2 Å². The van der Waals surface area contributed by atoms with Gasteiger partial charge in [0.15, 0.2) is 0 Å². The van der Waals surface area contributed by atoms with Gasteiger partial charge in [0.05, 0.1) is 25.7 Å². The van der Waals surface area contributed by atoms with Crippen molar-refractivity contribution >= 4 is 27.5 Å². The number of carbonyl (C=O) groups is 2. The first-order valence-electron chi connectivity index (χ1n) is 12.7. The number of hydrogen-bond acceptors (Lipinski definition) is 6. The van der Waals surface area contributed by atoms with E-state index in [0.717, 1.165) is 11.8 Å². The molecule has 0 aliphatic heterocycles. The lowest BCUT2D eigenvalue weighted by Gasteiger charge is -2.32. The summed E-state index contributed by atoms with van der Waals surface area (Å²) in [5.41, 5.74) is 0.860. The zero-order valence-corrected chi connectivity index (χ0v) is 24.3. The molecule has 38 heavy (non-hydrogen) atoms. The standard InChI is InChI=1S/C28H41N3O6S/c1-8-37-24-16-14-23(15-17-24)31(38(7,34)35)18-10-13-26(32)30(21(2)27(33)29-28(3,4)5)20-22-11-9-12-25(19-22)36-6/h9,11-12,14-17,19,21H,8,10,13,18,20H2,1-7H3,(H,29,33). The largest absolute Gasteiger partial charge is 0.497 e. The van der Waals surface area contributed by atoms with Crippen molar-refractivity contribution in [3.63, 3.8) is 0 Å². The number of ether oxygens (including phenoxy) is 2. The first-order chi connectivity index (χ1) is 17.7. The van der Waals surface area contributed by atoms with E-state index in [1.54, 1.807) is 38.3 Å². The third-order valence-electron chi connectivity index (χ3n) is 5.74. The van der Waals surface area contributed by atoms with Gasteiger partial charge in [-0.05, 0) is 83.0 Å². The fourth-order valence-corrected chi connectivity index (χ4v) is 4.87. The second kappa shape index (κ2) is 13.5. The van der Waals surface area contributed by atoms with E-state index in [1.807, 2.05) is 52.0 Å². The molecule has 0 heterocycles. The van der Waals surface area contributed by atoms with Crippen LogP contribution in [0.4, 0.5) is 5.69 Å². The summed E-state index contributed by atoms with van der Waals surface area (Å²) >= 11 is 0. The monoisotopic (exact) mass is 547 g/mol. The van der Waals surface area contributed by atoms with Crippen LogP contribution in [0.15, 0.2) is 48.5 Å². The quantitative estimate of drug-likeness (QED) is 0.407. The van der Waals surface area contributed by atoms with Gasteiger partial charge in [-0.15, -0.1) is 0 Å². The minimum absolute atomic E-state index is 0.0696. The molecule has 2 aromatic carbocycles. The van der Waals surface area contributed by atoms with E-state index in [0.29, 0.717) is 23.8 Å². The van der Waals surface area contributed by atoms with Crippen LogP contribution in [0.2, 0.25) is 0 Å². The van der Waals surface area contributed by atoms with Crippen molar-refractivity contribution in [2.45, 2.75) is 65.6 Å². The van der Waals surface area contributed by atoms with Crippen LogP contribution in [0.3, 0.4) is 0 Å². The number of anilines is 1. The molecule has 2 aromatic rings. The van der Waals surface area contributed by atoms with Crippen LogP contribution in [0.5, 0.6) is 11.5 Å². The van der Waals surface area contributed by atoms with Crippen LogP contribution in [0.25, 0.3) is 0 Å². The lowest BCUT2D eigenvalue weighted by atomic mass is 10.1. The summed E-state index contributed by atoms with van der Waals surface area (Å²) < 4.78 is 37.1. The first-order valence-corrected chi connectivity index (χ1v) is 14.5. The van der Waals surface area contributed by atoms with Gasteiger partial charge in [-0.25, -0.2) is 8.42 Å². The van der Waals surface area contributed by atoms with E-state index in [1.165, 1.54) is 9.21 Å². The summed E-state index contributed by atoms with van der Waals surface area (Å²) in [5.74, 6) is 0.793. The molecule has 210 valence electrons. The van der Waals surface area contributed by atoms with E-state index in [9.17, 15) is 18.0 Å². The summed E-state index contributed by atoms with van der Waals surface area (Å²) in [5, 5.41) is 2.94. The average molecular weight is 548 g/mol. The van der Waals surface area contributed by atoms with Crippen LogP contribution >= 0.6 is 0 Å². The van der Waals surface area contributed by atoms with Gasteiger partial charge < -0.3 is 19.7 Å². The molecule has 0 aromatic heterocycles. The first kappa shape index (κ1) is 31.0. The molecule has 9 nitrogen and oxygen atoms in total. The van der Waals surface area contributed by atoms with E-state index < -0.39 is 21.6 Å². The molecule has 2 rings (SSSR count). The maximum atomic E-state index is 13.4. The predicted molar refractivity (Wildman–Crippen MR) is 150 cm³/mol. The Morgan fingerprint density at radius 3 is 2.26 bits per heavy atom. The van der Waals surface area contributed by atoms with Gasteiger partial charge >= 0.3 is 0 Å². The molecule has 0 bridgehead atoms. The number of nitrogens with zero attached hydrogens (tertiary/aromatic N) is 2. The summed E-state index contributed by atoms with van der Waals surface area (Å²) in [7, 11) is -2.01. The van der Waals surface area contributed by atoms with Crippen LogP contribution in [-0.4, -0.2) is 63.2 Å². The van der Waals surface area contributed by atoms with Crippen molar-refractivity contribution < 1.29 is 27.5 Å². The van der Waals surface area contributed by atoms with Crippen molar-refractivity contribution in [2.75, 3.05) is 30.8 Å². The molecule has 0 radical (unpaired) electrons. The Morgan fingerprint density at radius 1 is 1.05 bits per heavy atom. The van der Waals surface area contributed by atoms with Gasteiger partial charge in [0.1, 0.15) is 17.5 Å². The molecular formula is C28H41N3O6S. The highest BCUT2D eigenvalue weighted by atomic mass is 32.2. The highest BCUT2D eigenvalue weighted by molar-refractivity contribution is 7.92. The van der Waals surface area contributed by atoms with Crippen LogP contribution < -0.4 is 19.1 Å². The number of benzene rings is 2. The molecule has 10 heteroatoms. The SMILES string of the molecule is CCOc1ccc(N(CCCC(=O)N(Cc2cccc(OC)c2)C(C)C(=O)NC(C)(C)C)S(C)(=O)=O)cc1. The Bertz CT molecular complexity index is 1180. The second-order valence-electron chi connectivity index (χ2n) is 10.2. The number of carbonyl (C=O) groups excluding carboxylic acids is 2. The van der Waals surface area contributed by atoms with Crippen molar-refractivity contribution in [1.82, 2.24) is 10.2 Å². The van der Waals surface area contributed by atoms with Gasteiger partial charge in [-0.3, -0.25) is 13.9 Å². The molecule has 0 aliphatic rings. The fraction of sp³-hybridized carbons (Fsp3) is 0.500. The molecule has 1 atom stereocenters. The molecule has 0 saturated heterocycles. The number of rotatable bonds is 13. The van der Waals surface area contributed by atoms with Crippen LogP contribution in [0, 0.1) is 0 Å². The van der Waals surface area contributed by atoms with Gasteiger partial charge in [0, 0.05) is 25.0 Å². The summed E-state index contributed by atoms with van der Waals surface area (Å²) in [4.78, 5) is 27.9. The minimum atomic E-state index is -3.58. The summed E-state index contributed by atoms with van der Waals surface area (Å²) in [6.45, 7) is 10.1. The Labute approximate surface area is 227 Å². The highest BCUT2D eigenvalue weighted by Crippen LogP contribution is 2.23. The normalized spacial score (nSPS) is 12.4. The maximum Gasteiger partial charge on any atom is 0.242 e. The third-order valence-corrected chi connectivity index (χ3v) is 6.93. The zero-order chi connectivity index (χ0) is 28.5. The van der Waals surface area contributed by atoms with Crippen LogP contribution in [0.1, 0.15) is 53.0 Å². The number of nitrogens with one attached hydrogen (secondary N) is 1. The Kier molecular flexibility index (Phi) is 11.0. The molecule has 2 amide bonds. The molecule has 1 N–H and O–H groups in total. The van der Waals surface area contributed by atoms with Gasteiger partial charge in [-0.2, -0.15) is 0 Å². The second-order valence-corrected chi connectivity index (χ2v) is 12.1. The third kappa shape index (κ3) is 9.55. The van der Waals surface area contributed by atoms with E-state index in [2.05, 4.69) is 5.32 Å². The molecule has 0 aliphatic carbocycles. The zero-order valence-electron chi connectivity index (χ0n) is 23.5. The molecule has 0 spiro atoms. The molecule has 0 saturated carbocycles. The Morgan fingerprint density at radius 2 is 1.71 bits per heavy atom. The number of methoxy groups -OCH3 is 1. The van der Waals surface area contributed by atoms with E-state index in [-0.39, 0.29) is 37.7 Å². The predicted octanol–water partition coefficient (Wildman–Crippen LogP) is 3.97. The Hall–Kier alpha value is -3.27. The van der Waals surface area contributed by atoms with Crippen molar-refractivity contribution in [2.24, 2.45) is 0 Å². The lowest BCUT2D eigenvalue weighted by molar-refractivity contribution is -0.141. The maximum absolute atomic E-state index is 13.4. The van der Waals surface area contributed by atoms with E-state index >= 15 is 0 Å². The van der Waals surface area contributed by atoms with Gasteiger partial charge in [0.2, 0.25) is 21.8 Å². The van der Waals surface area contributed by atoms with Crippen molar-refractivity contribution in [1.29, 1.82) is 0 Å². The van der Waals surface area contributed by atoms with E-state index in [4.69, 9.17) is 9.47 Å². The Balaban J connectivity index is 2.19. The fourth-order valence-electron chi connectivity index (χ4n) is 3.90. The summed E-state index contributed by atoms with van der Waals surface area (Å²) in [6, 6.07) is 13.4. The molecular weight excluding hydrogens is 506 g/mol. The number of sulfonamides is 1. The number of amides is 2. The molecule has 0 fully saturated rings. The minimum Gasteiger partial charge on any atom is -0.497 e. The van der Waals surface area contributed by atoms with Gasteiger partial charge in [-0.1, -0.05) is 12.1 Å². The lowest BCUT2D eigenvalue weighted by Crippen LogP contribution is -2.52. The average Bonchev–Trinajstić information content (AvgIpc) is 2.84. The smallest absolute Gasteiger partial charge is 0.242 e. The molecule has 1 unspecified atom stereocenters. The van der Waals surface area contributed by atoms with Gasteiger partial charge in [0.25, 0.3) is 0 Å². The topological polar surface area (TPSA) is 105 Å². The van der Waals surface area contributed by atoms with Crippen molar-refractivity contribution in [3.8, 4) is 11.5 Å². The highest BCUT2D eigenvalue weighted by Gasteiger charge is 2.28. The number of hydrogen-bond donors (Lipinski definition) is 1. The van der Waals surface area contributed by atoms with Crippen molar-refractivity contribution in [3.05, 3.63) is 54.1 Å².